The Morgan fingerprint density at radius 2 is 1.65 bits per heavy atom. The third-order valence-corrected chi connectivity index (χ3v) is 6.49. The van der Waals surface area contributed by atoms with Crippen LogP contribution in [-0.4, -0.2) is 62.0 Å². The predicted octanol–water partition coefficient (Wildman–Crippen LogP) is 2.43. The predicted molar refractivity (Wildman–Crippen MR) is 121 cm³/mol. The van der Waals surface area contributed by atoms with Crippen molar-refractivity contribution in [1.29, 1.82) is 0 Å². The first-order chi connectivity index (χ1) is 14.6. The molecule has 2 heterocycles. The second-order valence-electron chi connectivity index (χ2n) is 8.42. The van der Waals surface area contributed by atoms with Gasteiger partial charge in [-0.3, -0.25) is 4.72 Å². The number of piperazine rings is 1. The second kappa shape index (κ2) is 9.09. The number of rotatable bonds is 5. The molecule has 31 heavy (non-hydrogen) atoms. The largest absolute Gasteiger partial charge is 0.350 e. The molecule has 168 valence electrons. The normalized spacial score (nSPS) is 15.0. The molecule has 2 N–H and O–H groups in total. The Labute approximate surface area is 183 Å². The molecule has 1 aromatic carbocycles. The Morgan fingerprint density at radius 3 is 2.23 bits per heavy atom. The molecule has 0 unspecified atom stereocenters. The number of hydrogen-bond acceptors (Lipinski definition) is 6. The van der Waals surface area contributed by atoms with Crippen LogP contribution < -0.4 is 14.9 Å². The van der Waals surface area contributed by atoms with E-state index in [0.717, 1.165) is 5.56 Å². The molecule has 1 aliphatic rings. The van der Waals surface area contributed by atoms with Crippen molar-refractivity contribution in [2.24, 2.45) is 0 Å². The number of carbonyl (C=O) groups is 1. The number of nitrogens with one attached hydrogen (secondary N) is 2. The second-order valence-corrected chi connectivity index (χ2v) is 10.1. The van der Waals surface area contributed by atoms with Crippen LogP contribution in [0.15, 0.2) is 41.6 Å². The van der Waals surface area contributed by atoms with E-state index in [2.05, 4.69) is 40.8 Å². The number of urea groups is 1. The van der Waals surface area contributed by atoms with Crippen molar-refractivity contribution in [3.05, 3.63) is 42.2 Å². The van der Waals surface area contributed by atoms with Gasteiger partial charge >= 0.3 is 6.03 Å². The number of sulfonamides is 1. The fourth-order valence-corrected chi connectivity index (χ4v) is 4.35. The molecule has 3 rings (SSSR count). The number of anilines is 2. The van der Waals surface area contributed by atoms with Gasteiger partial charge in [-0.15, -0.1) is 0 Å². The maximum atomic E-state index is 13.0. The van der Waals surface area contributed by atoms with Crippen molar-refractivity contribution in [1.82, 2.24) is 20.2 Å². The highest BCUT2D eigenvalue weighted by molar-refractivity contribution is 7.92. The summed E-state index contributed by atoms with van der Waals surface area (Å²) in [6.07, 6.45) is 2.98. The third kappa shape index (κ3) is 5.43. The standard InChI is InChI=1S/C21H30N6O3S/c1-5-22-20(28)27-14-12-26(13-15-27)19-18(23-10-11-24-19)25-31(29,30)17-8-6-16(7-9-17)21(2,3)4/h6-11H,5,12-15H2,1-4H3,(H,22,28)(H,23,25). The molecule has 10 heteroatoms. The Bertz CT molecular complexity index is 1010. The summed E-state index contributed by atoms with van der Waals surface area (Å²) in [6, 6.07) is 6.76. The fourth-order valence-electron chi connectivity index (χ4n) is 3.34. The van der Waals surface area contributed by atoms with Gasteiger partial charge in [0.2, 0.25) is 0 Å². The molecule has 0 radical (unpaired) electrons. The summed E-state index contributed by atoms with van der Waals surface area (Å²) in [6.45, 7) is 10.8. The van der Waals surface area contributed by atoms with Crippen molar-refractivity contribution < 1.29 is 13.2 Å². The first-order valence-electron chi connectivity index (χ1n) is 10.3. The van der Waals surface area contributed by atoms with E-state index < -0.39 is 10.0 Å². The topological polar surface area (TPSA) is 108 Å². The average Bonchev–Trinajstić information content (AvgIpc) is 2.74. The average molecular weight is 447 g/mol. The highest BCUT2D eigenvalue weighted by Gasteiger charge is 2.25. The Morgan fingerprint density at radius 1 is 1.03 bits per heavy atom. The minimum absolute atomic E-state index is 0.0655. The molecule has 1 aliphatic heterocycles. The highest BCUT2D eigenvalue weighted by Crippen LogP contribution is 2.26. The van der Waals surface area contributed by atoms with Crippen LogP contribution in [0.5, 0.6) is 0 Å². The third-order valence-electron chi connectivity index (χ3n) is 5.14. The summed E-state index contributed by atoms with van der Waals surface area (Å²) in [5, 5.41) is 2.79. The van der Waals surface area contributed by atoms with E-state index in [1.807, 2.05) is 24.0 Å². The van der Waals surface area contributed by atoms with Crippen LogP contribution in [0.2, 0.25) is 0 Å². The van der Waals surface area contributed by atoms with E-state index >= 15 is 0 Å². The van der Waals surface area contributed by atoms with Crippen molar-refractivity contribution in [2.75, 3.05) is 42.3 Å². The zero-order valence-electron chi connectivity index (χ0n) is 18.4. The summed E-state index contributed by atoms with van der Waals surface area (Å²) in [5.41, 5.74) is 0.987. The van der Waals surface area contributed by atoms with E-state index in [9.17, 15) is 13.2 Å². The minimum atomic E-state index is -3.82. The van der Waals surface area contributed by atoms with Crippen LogP contribution in [0, 0.1) is 0 Å². The van der Waals surface area contributed by atoms with Gasteiger partial charge in [-0.2, -0.15) is 0 Å². The molecule has 1 aromatic heterocycles. The van der Waals surface area contributed by atoms with Crippen LogP contribution in [-0.2, 0) is 15.4 Å². The minimum Gasteiger partial charge on any atom is -0.350 e. The quantitative estimate of drug-likeness (QED) is 0.730. The molecule has 0 bridgehead atoms. The lowest BCUT2D eigenvalue weighted by Gasteiger charge is -2.35. The molecule has 0 spiro atoms. The van der Waals surface area contributed by atoms with E-state index in [0.29, 0.717) is 38.5 Å². The highest BCUT2D eigenvalue weighted by atomic mass is 32.2. The molecule has 1 fully saturated rings. The molecule has 2 aromatic rings. The zero-order chi connectivity index (χ0) is 22.6. The summed E-state index contributed by atoms with van der Waals surface area (Å²) in [5.74, 6) is 0.627. The smallest absolute Gasteiger partial charge is 0.317 e. The van der Waals surface area contributed by atoms with Crippen LogP contribution in [0.1, 0.15) is 33.3 Å². The molecular formula is C21H30N6O3S. The van der Waals surface area contributed by atoms with Crippen molar-refractivity contribution >= 4 is 27.7 Å². The lowest BCUT2D eigenvalue weighted by molar-refractivity contribution is 0.195. The van der Waals surface area contributed by atoms with Gasteiger partial charge in [0.1, 0.15) is 0 Å². The van der Waals surface area contributed by atoms with Gasteiger partial charge in [-0.1, -0.05) is 32.9 Å². The Kier molecular flexibility index (Phi) is 6.68. The van der Waals surface area contributed by atoms with Gasteiger partial charge in [-0.05, 0) is 30.0 Å². The molecule has 0 saturated carbocycles. The van der Waals surface area contributed by atoms with Crippen LogP contribution in [0.3, 0.4) is 0 Å². The van der Waals surface area contributed by atoms with Crippen LogP contribution in [0.4, 0.5) is 16.4 Å². The van der Waals surface area contributed by atoms with Gasteiger partial charge < -0.3 is 15.1 Å². The van der Waals surface area contributed by atoms with E-state index in [1.165, 1.54) is 12.4 Å². The van der Waals surface area contributed by atoms with Crippen molar-refractivity contribution in [3.63, 3.8) is 0 Å². The maximum Gasteiger partial charge on any atom is 0.317 e. The van der Waals surface area contributed by atoms with Gasteiger partial charge in [0.05, 0.1) is 4.90 Å². The van der Waals surface area contributed by atoms with Gasteiger partial charge in [0.15, 0.2) is 11.6 Å². The molecule has 1 saturated heterocycles. The summed E-state index contributed by atoms with van der Waals surface area (Å²) in [4.78, 5) is 24.4. The van der Waals surface area contributed by atoms with E-state index in [1.54, 1.807) is 17.0 Å². The number of benzene rings is 1. The molecule has 2 amide bonds. The van der Waals surface area contributed by atoms with E-state index in [4.69, 9.17) is 0 Å². The Balaban J connectivity index is 1.76. The summed E-state index contributed by atoms with van der Waals surface area (Å²) in [7, 11) is -3.82. The van der Waals surface area contributed by atoms with Crippen LogP contribution in [0.25, 0.3) is 0 Å². The number of aromatic nitrogens is 2. The van der Waals surface area contributed by atoms with Crippen molar-refractivity contribution in [2.45, 2.75) is 38.0 Å². The lowest BCUT2D eigenvalue weighted by atomic mass is 9.87. The Hall–Kier alpha value is -2.88. The van der Waals surface area contributed by atoms with E-state index in [-0.39, 0.29) is 22.2 Å². The SMILES string of the molecule is CCNC(=O)N1CCN(c2nccnc2NS(=O)(=O)c2ccc(C(C)(C)C)cc2)CC1. The summed E-state index contributed by atoms with van der Waals surface area (Å²) >= 11 is 0. The number of amides is 2. The first kappa shape index (κ1) is 22.8. The summed E-state index contributed by atoms with van der Waals surface area (Å²) < 4.78 is 28.5. The molecule has 0 aliphatic carbocycles. The monoisotopic (exact) mass is 446 g/mol. The molecule has 9 nitrogen and oxygen atoms in total. The molecule has 0 atom stereocenters. The van der Waals surface area contributed by atoms with Gasteiger partial charge in [0, 0.05) is 45.1 Å². The number of hydrogen-bond donors (Lipinski definition) is 2. The van der Waals surface area contributed by atoms with Gasteiger partial charge in [0.25, 0.3) is 10.0 Å². The lowest BCUT2D eigenvalue weighted by Crippen LogP contribution is -2.52. The maximum absolute atomic E-state index is 13.0. The number of nitrogens with zero attached hydrogens (tertiary/aromatic N) is 4. The number of carbonyl (C=O) groups excluding carboxylic acids is 1. The fraction of sp³-hybridized carbons (Fsp3) is 0.476. The first-order valence-corrected chi connectivity index (χ1v) is 11.8. The van der Waals surface area contributed by atoms with Crippen molar-refractivity contribution in [3.8, 4) is 0 Å². The van der Waals surface area contributed by atoms with Crippen LogP contribution >= 0.6 is 0 Å². The zero-order valence-corrected chi connectivity index (χ0v) is 19.2. The van der Waals surface area contributed by atoms with Gasteiger partial charge in [-0.25, -0.2) is 23.2 Å². The molecular weight excluding hydrogens is 416 g/mol.